The van der Waals surface area contributed by atoms with Crippen LogP contribution in [0.15, 0.2) is 42.5 Å². The number of likely N-dealkylation sites (N-methyl/N-ethyl adjacent to an activating group) is 1. The molecular weight excluding hydrogens is 320 g/mol. The number of nitrogens with one attached hydrogen (secondary N) is 1. The quantitative estimate of drug-likeness (QED) is 0.860. The highest BCUT2D eigenvalue weighted by molar-refractivity contribution is 5.83. The normalized spacial score (nSPS) is 28.5. The molecule has 1 saturated heterocycles. The first-order chi connectivity index (χ1) is 12.7. The Morgan fingerprint density at radius 3 is 2.65 bits per heavy atom. The van der Waals surface area contributed by atoms with E-state index in [0.717, 1.165) is 25.9 Å². The predicted molar refractivity (Wildman–Crippen MR) is 109 cm³/mol. The summed E-state index contributed by atoms with van der Waals surface area (Å²) in [5, 5.41) is 16.8. The Morgan fingerprint density at radius 2 is 1.88 bits per heavy atom. The van der Waals surface area contributed by atoms with Gasteiger partial charge in [0.2, 0.25) is 0 Å². The fourth-order valence-electron chi connectivity index (χ4n) is 5.05. The second kappa shape index (κ2) is 8.08. The zero-order valence-corrected chi connectivity index (χ0v) is 15.9. The van der Waals surface area contributed by atoms with Gasteiger partial charge >= 0.3 is 0 Å². The van der Waals surface area contributed by atoms with Crippen molar-refractivity contribution in [3.8, 4) is 0 Å². The van der Waals surface area contributed by atoms with Crippen LogP contribution >= 0.6 is 0 Å². The molecule has 3 nitrogen and oxygen atoms in total. The maximum atomic E-state index is 10.8. The highest BCUT2D eigenvalue weighted by Gasteiger charge is 2.34. The third-order valence-electron chi connectivity index (χ3n) is 6.64. The van der Waals surface area contributed by atoms with E-state index in [2.05, 4.69) is 59.7 Å². The van der Waals surface area contributed by atoms with Crippen LogP contribution in [0.5, 0.6) is 0 Å². The van der Waals surface area contributed by atoms with Crippen molar-refractivity contribution in [3.63, 3.8) is 0 Å². The number of hydrogen-bond donors (Lipinski definition) is 2. The third kappa shape index (κ3) is 3.80. The molecule has 0 radical (unpaired) electrons. The summed E-state index contributed by atoms with van der Waals surface area (Å²) < 4.78 is 0. The molecular formula is C23H32N2O. The molecule has 0 bridgehead atoms. The van der Waals surface area contributed by atoms with E-state index < -0.39 is 0 Å². The van der Waals surface area contributed by atoms with E-state index in [9.17, 15) is 5.11 Å². The van der Waals surface area contributed by atoms with Gasteiger partial charge in [-0.3, -0.25) is 0 Å². The largest absolute Gasteiger partial charge is 0.393 e. The van der Waals surface area contributed by atoms with Gasteiger partial charge in [-0.2, -0.15) is 0 Å². The van der Waals surface area contributed by atoms with E-state index in [4.69, 9.17) is 0 Å². The van der Waals surface area contributed by atoms with Crippen LogP contribution in [0.1, 0.15) is 43.6 Å². The van der Waals surface area contributed by atoms with Crippen LogP contribution in [0, 0.1) is 5.92 Å². The zero-order valence-electron chi connectivity index (χ0n) is 15.9. The SMILES string of the molecule is CN[C@@H]1CCN(CC(c2ccc3ccccc3c2)C2CCCCC2O)C1. The van der Waals surface area contributed by atoms with Gasteiger partial charge in [-0.05, 0) is 55.1 Å². The summed E-state index contributed by atoms with van der Waals surface area (Å²) in [6.07, 6.45) is 5.63. The Hall–Kier alpha value is -1.42. The third-order valence-corrected chi connectivity index (χ3v) is 6.64. The van der Waals surface area contributed by atoms with E-state index >= 15 is 0 Å². The van der Waals surface area contributed by atoms with Crippen LogP contribution in [0.25, 0.3) is 10.8 Å². The average molecular weight is 353 g/mol. The summed E-state index contributed by atoms with van der Waals surface area (Å²) in [7, 11) is 2.07. The molecule has 140 valence electrons. The number of likely N-dealkylation sites (tertiary alicyclic amines) is 1. The average Bonchev–Trinajstić information content (AvgIpc) is 3.14. The van der Waals surface area contributed by atoms with Gasteiger partial charge in [-0.15, -0.1) is 0 Å². The number of aliphatic hydroxyl groups excluding tert-OH is 1. The fourth-order valence-corrected chi connectivity index (χ4v) is 5.05. The van der Waals surface area contributed by atoms with Crippen molar-refractivity contribution in [2.45, 2.75) is 50.2 Å². The minimum atomic E-state index is -0.150. The van der Waals surface area contributed by atoms with Gasteiger partial charge in [-0.25, -0.2) is 0 Å². The Bertz CT molecular complexity index is 731. The molecule has 2 aromatic carbocycles. The van der Waals surface area contributed by atoms with Crippen LogP contribution in [0.4, 0.5) is 0 Å². The highest BCUT2D eigenvalue weighted by Crippen LogP contribution is 2.38. The topological polar surface area (TPSA) is 35.5 Å². The Labute approximate surface area is 157 Å². The maximum absolute atomic E-state index is 10.8. The molecule has 0 amide bonds. The molecule has 0 aromatic heterocycles. The molecule has 2 N–H and O–H groups in total. The van der Waals surface area contributed by atoms with Gasteiger partial charge in [0.15, 0.2) is 0 Å². The van der Waals surface area contributed by atoms with Crippen molar-refractivity contribution >= 4 is 10.8 Å². The number of benzene rings is 2. The van der Waals surface area contributed by atoms with E-state index in [1.807, 2.05) is 0 Å². The molecule has 2 fully saturated rings. The number of rotatable bonds is 5. The molecule has 26 heavy (non-hydrogen) atoms. The molecule has 3 unspecified atom stereocenters. The lowest BCUT2D eigenvalue weighted by atomic mass is 9.74. The lowest BCUT2D eigenvalue weighted by molar-refractivity contribution is 0.0476. The van der Waals surface area contributed by atoms with Gasteiger partial charge in [0.25, 0.3) is 0 Å². The van der Waals surface area contributed by atoms with Crippen LogP contribution in [-0.4, -0.2) is 48.8 Å². The Morgan fingerprint density at radius 1 is 1.08 bits per heavy atom. The van der Waals surface area contributed by atoms with E-state index in [0.29, 0.717) is 17.9 Å². The molecule has 3 heteroatoms. The molecule has 2 aromatic rings. The lowest BCUT2D eigenvalue weighted by Gasteiger charge is -2.37. The smallest absolute Gasteiger partial charge is 0.0574 e. The molecule has 4 rings (SSSR count). The molecule has 1 saturated carbocycles. The van der Waals surface area contributed by atoms with Gasteiger partial charge < -0.3 is 15.3 Å². The van der Waals surface area contributed by atoms with Crippen LogP contribution in [0.3, 0.4) is 0 Å². The van der Waals surface area contributed by atoms with Gasteiger partial charge in [0.1, 0.15) is 0 Å². The van der Waals surface area contributed by atoms with Crippen molar-refractivity contribution in [1.82, 2.24) is 10.2 Å². The maximum Gasteiger partial charge on any atom is 0.0574 e. The van der Waals surface area contributed by atoms with E-state index in [1.165, 1.54) is 42.1 Å². The van der Waals surface area contributed by atoms with Crippen molar-refractivity contribution in [3.05, 3.63) is 48.0 Å². The first-order valence-corrected chi connectivity index (χ1v) is 10.3. The molecule has 2 aliphatic rings. The van der Waals surface area contributed by atoms with Crippen LogP contribution in [0.2, 0.25) is 0 Å². The minimum absolute atomic E-state index is 0.150. The Kier molecular flexibility index (Phi) is 5.58. The summed E-state index contributed by atoms with van der Waals surface area (Å²) in [5.74, 6) is 0.809. The number of hydrogen-bond acceptors (Lipinski definition) is 3. The highest BCUT2D eigenvalue weighted by atomic mass is 16.3. The summed E-state index contributed by atoms with van der Waals surface area (Å²) >= 11 is 0. The first kappa shape index (κ1) is 18.0. The number of fused-ring (bicyclic) bond motifs is 1. The van der Waals surface area contributed by atoms with Crippen molar-refractivity contribution in [2.75, 3.05) is 26.7 Å². The summed E-state index contributed by atoms with van der Waals surface area (Å²) in [5.41, 5.74) is 1.41. The molecule has 0 spiro atoms. The number of nitrogens with zero attached hydrogens (tertiary/aromatic N) is 1. The van der Waals surface area contributed by atoms with Crippen molar-refractivity contribution < 1.29 is 5.11 Å². The van der Waals surface area contributed by atoms with Crippen molar-refractivity contribution in [1.29, 1.82) is 0 Å². The van der Waals surface area contributed by atoms with Gasteiger partial charge in [0.05, 0.1) is 6.10 Å². The molecule has 1 heterocycles. The fraction of sp³-hybridized carbons (Fsp3) is 0.565. The second-order valence-electron chi connectivity index (χ2n) is 8.26. The van der Waals surface area contributed by atoms with Gasteiger partial charge in [0, 0.05) is 25.0 Å². The number of aliphatic hydroxyl groups is 1. The molecule has 1 aliphatic carbocycles. The van der Waals surface area contributed by atoms with E-state index in [1.54, 1.807) is 0 Å². The predicted octanol–water partition coefficient (Wildman–Crippen LogP) is 3.77. The molecule has 1 aliphatic heterocycles. The minimum Gasteiger partial charge on any atom is -0.393 e. The lowest BCUT2D eigenvalue weighted by Crippen LogP contribution is -2.38. The zero-order chi connectivity index (χ0) is 17.9. The first-order valence-electron chi connectivity index (χ1n) is 10.3. The monoisotopic (exact) mass is 352 g/mol. The summed E-state index contributed by atoms with van der Waals surface area (Å²) in [6, 6.07) is 16.2. The standard InChI is InChI=1S/C23H32N2O/c1-24-20-12-13-25(15-20)16-22(21-8-4-5-9-23(21)26)19-11-10-17-6-2-3-7-18(17)14-19/h2-3,6-7,10-11,14,20-24,26H,4-5,8-9,12-13,15-16H2,1H3/t20-,21?,22?,23?/m1/s1. The van der Waals surface area contributed by atoms with Crippen LogP contribution in [-0.2, 0) is 0 Å². The summed E-state index contributed by atoms with van der Waals surface area (Å²) in [6.45, 7) is 3.36. The second-order valence-corrected chi connectivity index (χ2v) is 8.26. The Balaban J connectivity index is 1.62. The van der Waals surface area contributed by atoms with Crippen LogP contribution < -0.4 is 5.32 Å². The summed E-state index contributed by atoms with van der Waals surface area (Å²) in [4.78, 5) is 2.60. The van der Waals surface area contributed by atoms with E-state index in [-0.39, 0.29) is 6.10 Å². The molecule has 4 atom stereocenters. The van der Waals surface area contributed by atoms with Crippen molar-refractivity contribution in [2.24, 2.45) is 5.92 Å². The van der Waals surface area contributed by atoms with Gasteiger partial charge in [-0.1, -0.05) is 55.3 Å².